The zero-order valence-electron chi connectivity index (χ0n) is 14.7. The molecule has 0 aliphatic carbocycles. The quantitative estimate of drug-likeness (QED) is 0.766. The van der Waals surface area contributed by atoms with Crippen molar-refractivity contribution in [1.82, 2.24) is 9.47 Å². The summed E-state index contributed by atoms with van der Waals surface area (Å²) in [6, 6.07) is 11.4. The lowest BCUT2D eigenvalue weighted by atomic mass is 10.0. The van der Waals surface area contributed by atoms with Crippen LogP contribution in [-0.4, -0.2) is 40.5 Å². The average molecular weight is 328 g/mol. The molecule has 1 heterocycles. The Morgan fingerprint density at radius 1 is 1.12 bits per heavy atom. The van der Waals surface area contributed by atoms with Gasteiger partial charge in [0.1, 0.15) is 5.54 Å². The van der Waals surface area contributed by atoms with Crippen molar-refractivity contribution < 1.29 is 14.3 Å². The minimum atomic E-state index is -1.02. The molecule has 0 fully saturated rings. The van der Waals surface area contributed by atoms with Crippen LogP contribution in [0.5, 0.6) is 0 Å². The highest BCUT2D eigenvalue weighted by Gasteiger charge is 2.37. The lowest BCUT2D eigenvalue weighted by Crippen LogP contribution is -2.51. The van der Waals surface area contributed by atoms with E-state index in [0.29, 0.717) is 12.2 Å². The van der Waals surface area contributed by atoms with Gasteiger partial charge in [-0.15, -0.1) is 0 Å². The normalized spacial score (nSPS) is 11.2. The number of likely N-dealkylation sites (N-methyl/N-ethyl adjacent to an activating group) is 1. The van der Waals surface area contributed by atoms with E-state index in [0.717, 1.165) is 12.1 Å². The standard InChI is InChI=1S/C19H24N2O3/c1-5-24-18(23)19(2,3)20(4)17(22)16-10-8-15(9-11-16)14-21-12-6-7-13-21/h6-13H,5,14H2,1-4H3. The molecule has 0 aliphatic heterocycles. The third kappa shape index (κ3) is 3.85. The Bertz CT molecular complexity index is 688. The van der Waals surface area contributed by atoms with Crippen molar-refractivity contribution >= 4 is 11.9 Å². The van der Waals surface area contributed by atoms with E-state index in [9.17, 15) is 9.59 Å². The first-order chi connectivity index (χ1) is 11.4. The lowest BCUT2D eigenvalue weighted by molar-refractivity contribution is -0.153. The van der Waals surface area contributed by atoms with Gasteiger partial charge in [-0.1, -0.05) is 12.1 Å². The third-order valence-corrected chi connectivity index (χ3v) is 4.15. The van der Waals surface area contributed by atoms with E-state index in [1.54, 1.807) is 40.0 Å². The number of carbonyl (C=O) groups excluding carboxylic acids is 2. The van der Waals surface area contributed by atoms with Gasteiger partial charge in [-0.2, -0.15) is 0 Å². The molecule has 0 unspecified atom stereocenters. The number of hydrogen-bond donors (Lipinski definition) is 0. The third-order valence-electron chi connectivity index (χ3n) is 4.15. The zero-order valence-corrected chi connectivity index (χ0v) is 14.7. The minimum Gasteiger partial charge on any atom is -0.464 e. The van der Waals surface area contributed by atoms with Gasteiger partial charge in [0.2, 0.25) is 0 Å². The van der Waals surface area contributed by atoms with E-state index >= 15 is 0 Å². The van der Waals surface area contributed by atoms with Crippen LogP contribution in [0.15, 0.2) is 48.8 Å². The van der Waals surface area contributed by atoms with Crippen molar-refractivity contribution in [2.24, 2.45) is 0 Å². The highest BCUT2D eigenvalue weighted by Crippen LogP contribution is 2.18. The monoisotopic (exact) mass is 328 g/mol. The van der Waals surface area contributed by atoms with Gasteiger partial charge in [-0.05, 0) is 50.6 Å². The van der Waals surface area contributed by atoms with Crippen molar-refractivity contribution in [2.45, 2.75) is 32.9 Å². The van der Waals surface area contributed by atoms with Gasteiger partial charge < -0.3 is 14.2 Å². The smallest absolute Gasteiger partial charge is 0.331 e. The molecule has 0 aliphatic rings. The number of benzene rings is 1. The number of ether oxygens (including phenoxy) is 1. The summed E-state index contributed by atoms with van der Waals surface area (Å²) < 4.78 is 7.12. The fraction of sp³-hybridized carbons (Fsp3) is 0.368. The van der Waals surface area contributed by atoms with Crippen molar-refractivity contribution in [3.63, 3.8) is 0 Å². The van der Waals surface area contributed by atoms with Gasteiger partial charge in [0, 0.05) is 31.5 Å². The number of amides is 1. The number of carbonyl (C=O) groups is 2. The SMILES string of the molecule is CCOC(=O)C(C)(C)N(C)C(=O)c1ccc(Cn2cccc2)cc1. The summed E-state index contributed by atoms with van der Waals surface area (Å²) in [5.74, 6) is -0.620. The van der Waals surface area contributed by atoms with Gasteiger partial charge >= 0.3 is 5.97 Å². The molecule has 24 heavy (non-hydrogen) atoms. The largest absolute Gasteiger partial charge is 0.464 e. The molecule has 128 valence electrons. The molecule has 0 atom stereocenters. The van der Waals surface area contributed by atoms with Crippen LogP contribution >= 0.6 is 0 Å². The molecule has 1 aromatic carbocycles. The van der Waals surface area contributed by atoms with Crippen LogP contribution < -0.4 is 0 Å². The van der Waals surface area contributed by atoms with Crippen molar-refractivity contribution in [1.29, 1.82) is 0 Å². The van der Waals surface area contributed by atoms with E-state index < -0.39 is 11.5 Å². The Kier molecular flexibility index (Phi) is 5.44. The molecule has 0 radical (unpaired) electrons. The fourth-order valence-electron chi connectivity index (χ4n) is 2.33. The summed E-state index contributed by atoms with van der Waals surface area (Å²) >= 11 is 0. The molecule has 0 spiro atoms. The van der Waals surface area contributed by atoms with Gasteiger partial charge in [0.05, 0.1) is 6.61 Å². The Morgan fingerprint density at radius 3 is 2.25 bits per heavy atom. The summed E-state index contributed by atoms with van der Waals surface area (Å²) in [6.45, 7) is 6.16. The molecular formula is C19H24N2O3. The molecule has 1 aromatic heterocycles. The molecule has 0 bridgehead atoms. The first-order valence-electron chi connectivity index (χ1n) is 8.01. The molecule has 0 saturated heterocycles. The lowest BCUT2D eigenvalue weighted by Gasteiger charge is -2.33. The molecule has 0 N–H and O–H groups in total. The van der Waals surface area contributed by atoms with Gasteiger partial charge in [0.15, 0.2) is 0 Å². The topological polar surface area (TPSA) is 51.5 Å². The number of nitrogens with zero attached hydrogens (tertiary/aromatic N) is 2. The molecule has 5 nitrogen and oxygen atoms in total. The van der Waals surface area contributed by atoms with Crippen LogP contribution in [0.3, 0.4) is 0 Å². The number of esters is 1. The zero-order chi connectivity index (χ0) is 17.7. The Labute approximate surface area is 142 Å². The second-order valence-electron chi connectivity index (χ2n) is 6.20. The van der Waals surface area contributed by atoms with Gasteiger partial charge in [-0.3, -0.25) is 4.79 Å². The maximum Gasteiger partial charge on any atom is 0.331 e. The molecule has 5 heteroatoms. The minimum absolute atomic E-state index is 0.208. The van der Waals surface area contributed by atoms with E-state index in [1.807, 2.05) is 36.7 Å². The second kappa shape index (κ2) is 7.34. The Balaban J connectivity index is 2.10. The second-order valence-corrected chi connectivity index (χ2v) is 6.20. The van der Waals surface area contributed by atoms with Crippen LogP contribution in [-0.2, 0) is 16.1 Å². The van der Waals surface area contributed by atoms with Crippen LogP contribution in [0.25, 0.3) is 0 Å². The summed E-state index contributed by atoms with van der Waals surface area (Å²) in [4.78, 5) is 26.1. The maximum atomic E-state index is 12.6. The summed E-state index contributed by atoms with van der Waals surface area (Å²) in [5.41, 5.74) is 0.637. The Hall–Kier alpha value is -2.56. The summed E-state index contributed by atoms with van der Waals surface area (Å²) in [5, 5.41) is 0. The Morgan fingerprint density at radius 2 is 1.71 bits per heavy atom. The first-order valence-corrected chi connectivity index (χ1v) is 8.01. The first kappa shape index (κ1) is 17.8. The predicted octanol–water partition coefficient (Wildman–Crippen LogP) is 2.95. The molecule has 0 saturated carbocycles. The molecule has 2 rings (SSSR count). The van der Waals surface area contributed by atoms with E-state index in [4.69, 9.17) is 4.74 Å². The molecule has 2 aromatic rings. The van der Waals surface area contributed by atoms with Gasteiger partial charge in [0.25, 0.3) is 5.91 Å². The van der Waals surface area contributed by atoms with E-state index in [1.165, 1.54) is 4.90 Å². The predicted molar refractivity (Wildman–Crippen MR) is 92.8 cm³/mol. The fourth-order valence-corrected chi connectivity index (χ4v) is 2.33. The van der Waals surface area contributed by atoms with Crippen LogP contribution in [0.1, 0.15) is 36.7 Å². The van der Waals surface area contributed by atoms with Crippen molar-refractivity contribution in [3.8, 4) is 0 Å². The molecule has 1 amide bonds. The van der Waals surface area contributed by atoms with E-state index in [-0.39, 0.29) is 5.91 Å². The van der Waals surface area contributed by atoms with Crippen LogP contribution in [0.4, 0.5) is 0 Å². The number of hydrogen-bond acceptors (Lipinski definition) is 3. The summed E-state index contributed by atoms with van der Waals surface area (Å²) in [7, 11) is 1.62. The summed E-state index contributed by atoms with van der Waals surface area (Å²) in [6.07, 6.45) is 3.99. The molecular weight excluding hydrogens is 304 g/mol. The van der Waals surface area contributed by atoms with Crippen LogP contribution in [0.2, 0.25) is 0 Å². The van der Waals surface area contributed by atoms with Crippen molar-refractivity contribution in [3.05, 3.63) is 59.9 Å². The highest BCUT2D eigenvalue weighted by molar-refractivity contribution is 5.97. The highest BCUT2D eigenvalue weighted by atomic mass is 16.5. The van der Waals surface area contributed by atoms with Crippen molar-refractivity contribution in [2.75, 3.05) is 13.7 Å². The average Bonchev–Trinajstić information content (AvgIpc) is 3.07. The van der Waals surface area contributed by atoms with Gasteiger partial charge in [-0.25, -0.2) is 4.79 Å². The number of aromatic nitrogens is 1. The maximum absolute atomic E-state index is 12.6. The van der Waals surface area contributed by atoms with Crippen LogP contribution in [0, 0.1) is 0 Å². The number of rotatable bonds is 6. The van der Waals surface area contributed by atoms with E-state index in [2.05, 4.69) is 4.57 Å².